The van der Waals surface area contributed by atoms with E-state index in [1.165, 1.54) is 17.7 Å². The Kier molecular flexibility index (Phi) is 8.20. The lowest BCUT2D eigenvalue weighted by Crippen LogP contribution is -2.24. The van der Waals surface area contributed by atoms with Crippen molar-refractivity contribution in [3.8, 4) is 0 Å². The normalized spacial score (nSPS) is 17.8. The summed E-state index contributed by atoms with van der Waals surface area (Å²) in [6.45, 7) is 1.46. The Bertz CT molecular complexity index is 1070. The van der Waals surface area contributed by atoms with Crippen LogP contribution in [0.5, 0.6) is 0 Å². The number of aliphatic hydroxyl groups is 1. The van der Waals surface area contributed by atoms with Crippen molar-refractivity contribution in [3.05, 3.63) is 83.3 Å². The summed E-state index contributed by atoms with van der Waals surface area (Å²) >= 11 is 0. The van der Waals surface area contributed by atoms with Crippen LogP contribution in [-0.4, -0.2) is 40.0 Å². The summed E-state index contributed by atoms with van der Waals surface area (Å²) in [5, 5.41) is 25.2. The standard InChI is InChI=1S/C27H32FN5O/c28-22-12-10-21(11-13-22)25(29)24-18-32-27(30-16-4-7-19-5-2-1-3-6-19)33-26(24)31-17-20-8-14-23(34)15-9-20/h1-3,5-6,10-13,18,20,23,29,34H,4,7-9,14-17H2,(H2,30,31,32,33). The molecule has 0 spiro atoms. The molecule has 1 heterocycles. The highest BCUT2D eigenvalue weighted by Gasteiger charge is 2.20. The number of nitrogens with one attached hydrogen (secondary N) is 3. The van der Waals surface area contributed by atoms with E-state index in [9.17, 15) is 9.50 Å². The fourth-order valence-electron chi connectivity index (χ4n) is 4.28. The molecule has 1 aliphatic carbocycles. The van der Waals surface area contributed by atoms with E-state index in [0.717, 1.165) is 51.6 Å². The van der Waals surface area contributed by atoms with Crippen LogP contribution in [0.4, 0.5) is 16.2 Å². The van der Waals surface area contributed by atoms with Gasteiger partial charge in [-0.3, -0.25) is 5.41 Å². The fraction of sp³-hybridized carbons (Fsp3) is 0.370. The second-order valence-corrected chi connectivity index (χ2v) is 8.91. The van der Waals surface area contributed by atoms with E-state index in [4.69, 9.17) is 5.41 Å². The topological polar surface area (TPSA) is 93.9 Å². The summed E-state index contributed by atoms with van der Waals surface area (Å²) in [4.78, 5) is 9.13. The first-order valence-electron chi connectivity index (χ1n) is 12.0. The van der Waals surface area contributed by atoms with Crippen molar-refractivity contribution in [3.63, 3.8) is 0 Å². The third-order valence-electron chi connectivity index (χ3n) is 6.33. The summed E-state index contributed by atoms with van der Waals surface area (Å²) in [7, 11) is 0. The molecule has 0 aliphatic heterocycles. The number of halogens is 1. The summed E-state index contributed by atoms with van der Waals surface area (Å²) in [5.41, 5.74) is 2.74. The number of nitrogens with zero attached hydrogens (tertiary/aromatic N) is 2. The van der Waals surface area contributed by atoms with E-state index in [2.05, 4.69) is 32.7 Å². The summed E-state index contributed by atoms with van der Waals surface area (Å²) in [6.07, 6.45) is 6.97. The molecule has 1 aliphatic rings. The molecule has 4 rings (SSSR count). The zero-order valence-electron chi connectivity index (χ0n) is 19.3. The van der Waals surface area contributed by atoms with E-state index in [0.29, 0.717) is 28.8 Å². The molecule has 0 atom stereocenters. The molecule has 1 fully saturated rings. The number of benzene rings is 2. The maximum atomic E-state index is 13.4. The molecule has 4 N–H and O–H groups in total. The number of aryl methyl sites for hydroxylation is 1. The van der Waals surface area contributed by atoms with Gasteiger partial charge in [-0.1, -0.05) is 30.3 Å². The lowest BCUT2D eigenvalue weighted by atomic mass is 9.87. The average Bonchev–Trinajstić information content (AvgIpc) is 2.87. The van der Waals surface area contributed by atoms with Gasteiger partial charge in [0.05, 0.1) is 17.4 Å². The highest BCUT2D eigenvalue weighted by atomic mass is 19.1. The van der Waals surface area contributed by atoms with Gasteiger partial charge in [0.15, 0.2) is 0 Å². The predicted octanol–water partition coefficient (Wildman–Crippen LogP) is 5.04. The van der Waals surface area contributed by atoms with Gasteiger partial charge in [0, 0.05) is 24.8 Å². The van der Waals surface area contributed by atoms with Crippen LogP contribution in [0.3, 0.4) is 0 Å². The number of hydrogen-bond acceptors (Lipinski definition) is 6. The van der Waals surface area contributed by atoms with E-state index in [1.54, 1.807) is 18.3 Å². The highest BCUT2D eigenvalue weighted by molar-refractivity contribution is 6.13. The molecule has 34 heavy (non-hydrogen) atoms. The van der Waals surface area contributed by atoms with Crippen LogP contribution in [0.2, 0.25) is 0 Å². The second-order valence-electron chi connectivity index (χ2n) is 8.91. The van der Waals surface area contributed by atoms with Crippen LogP contribution < -0.4 is 10.6 Å². The van der Waals surface area contributed by atoms with Gasteiger partial charge in [0.2, 0.25) is 5.95 Å². The SMILES string of the molecule is N=C(c1ccc(F)cc1)c1cnc(NCCCc2ccccc2)nc1NCC1CCC(O)CC1. The van der Waals surface area contributed by atoms with Crippen molar-refractivity contribution in [2.75, 3.05) is 23.7 Å². The Labute approximate surface area is 200 Å². The number of aromatic nitrogens is 2. The van der Waals surface area contributed by atoms with Crippen molar-refractivity contribution in [1.82, 2.24) is 9.97 Å². The third-order valence-corrected chi connectivity index (χ3v) is 6.33. The molecule has 0 radical (unpaired) electrons. The Morgan fingerprint density at radius 2 is 1.74 bits per heavy atom. The molecule has 0 bridgehead atoms. The predicted molar refractivity (Wildman–Crippen MR) is 134 cm³/mol. The van der Waals surface area contributed by atoms with Gasteiger partial charge in [0.25, 0.3) is 0 Å². The molecule has 0 saturated heterocycles. The minimum absolute atomic E-state index is 0.191. The van der Waals surface area contributed by atoms with Crippen LogP contribution in [0.15, 0.2) is 60.8 Å². The molecule has 6 nitrogen and oxygen atoms in total. The first-order chi connectivity index (χ1) is 16.6. The van der Waals surface area contributed by atoms with Gasteiger partial charge in [-0.05, 0) is 74.3 Å². The first kappa shape index (κ1) is 23.8. The van der Waals surface area contributed by atoms with Crippen molar-refractivity contribution in [2.24, 2.45) is 5.92 Å². The Hall–Kier alpha value is -3.32. The molecule has 178 valence electrons. The van der Waals surface area contributed by atoms with Crippen molar-refractivity contribution >= 4 is 17.5 Å². The van der Waals surface area contributed by atoms with Gasteiger partial charge in [-0.2, -0.15) is 4.98 Å². The Morgan fingerprint density at radius 1 is 1.00 bits per heavy atom. The molecule has 0 unspecified atom stereocenters. The zero-order valence-corrected chi connectivity index (χ0v) is 19.3. The van der Waals surface area contributed by atoms with Gasteiger partial charge in [-0.15, -0.1) is 0 Å². The molecule has 1 aromatic heterocycles. The zero-order chi connectivity index (χ0) is 23.8. The molecular weight excluding hydrogens is 429 g/mol. The van der Waals surface area contributed by atoms with Crippen LogP contribution >= 0.6 is 0 Å². The molecule has 2 aromatic carbocycles. The third kappa shape index (κ3) is 6.60. The highest BCUT2D eigenvalue weighted by Crippen LogP contribution is 2.26. The lowest BCUT2D eigenvalue weighted by molar-refractivity contribution is 0.111. The van der Waals surface area contributed by atoms with E-state index < -0.39 is 0 Å². The largest absolute Gasteiger partial charge is 0.393 e. The van der Waals surface area contributed by atoms with Crippen molar-refractivity contribution < 1.29 is 9.50 Å². The Morgan fingerprint density at radius 3 is 2.47 bits per heavy atom. The number of anilines is 2. The summed E-state index contributed by atoms with van der Waals surface area (Å²) in [5.74, 6) is 1.24. The van der Waals surface area contributed by atoms with E-state index in [-0.39, 0.29) is 17.6 Å². The lowest BCUT2D eigenvalue weighted by Gasteiger charge is -2.26. The first-order valence-corrected chi connectivity index (χ1v) is 12.0. The molecule has 0 amide bonds. The van der Waals surface area contributed by atoms with Crippen LogP contribution in [0.25, 0.3) is 0 Å². The maximum Gasteiger partial charge on any atom is 0.224 e. The molecule has 7 heteroatoms. The van der Waals surface area contributed by atoms with Gasteiger partial charge < -0.3 is 15.7 Å². The Balaban J connectivity index is 1.44. The van der Waals surface area contributed by atoms with Crippen molar-refractivity contribution in [2.45, 2.75) is 44.6 Å². The van der Waals surface area contributed by atoms with E-state index >= 15 is 0 Å². The minimum atomic E-state index is -0.333. The maximum absolute atomic E-state index is 13.4. The van der Waals surface area contributed by atoms with Gasteiger partial charge in [-0.25, -0.2) is 9.37 Å². The monoisotopic (exact) mass is 461 g/mol. The van der Waals surface area contributed by atoms with Crippen LogP contribution in [0, 0.1) is 17.1 Å². The van der Waals surface area contributed by atoms with Gasteiger partial charge in [0.1, 0.15) is 11.6 Å². The van der Waals surface area contributed by atoms with Crippen LogP contribution in [-0.2, 0) is 6.42 Å². The molecule has 1 saturated carbocycles. The fourth-order valence-corrected chi connectivity index (χ4v) is 4.28. The van der Waals surface area contributed by atoms with E-state index in [1.807, 2.05) is 18.2 Å². The van der Waals surface area contributed by atoms with Gasteiger partial charge >= 0.3 is 0 Å². The quantitative estimate of drug-likeness (QED) is 0.251. The number of aliphatic hydroxyl groups excluding tert-OH is 1. The number of hydrogen-bond donors (Lipinski definition) is 4. The molecule has 3 aromatic rings. The number of rotatable bonds is 10. The average molecular weight is 462 g/mol. The second kappa shape index (κ2) is 11.7. The molecular formula is C27H32FN5O. The minimum Gasteiger partial charge on any atom is -0.393 e. The summed E-state index contributed by atoms with van der Waals surface area (Å²) in [6, 6.07) is 16.3. The van der Waals surface area contributed by atoms with Crippen molar-refractivity contribution in [1.29, 1.82) is 5.41 Å². The van der Waals surface area contributed by atoms with Crippen LogP contribution in [0.1, 0.15) is 48.8 Å². The smallest absolute Gasteiger partial charge is 0.224 e. The summed E-state index contributed by atoms with van der Waals surface area (Å²) < 4.78 is 13.4.